The van der Waals surface area contributed by atoms with Crippen molar-refractivity contribution in [2.45, 2.75) is 30.7 Å². The number of thioether (sulfide) groups is 1. The number of carbonyl (C=O) groups is 2. The molecule has 7 nitrogen and oxygen atoms in total. The van der Waals surface area contributed by atoms with Crippen LogP contribution in [0, 0.1) is 0 Å². The van der Waals surface area contributed by atoms with Crippen molar-refractivity contribution in [2.75, 3.05) is 5.73 Å². The van der Waals surface area contributed by atoms with Crippen LogP contribution in [0.2, 0.25) is 0 Å². The Morgan fingerprint density at radius 1 is 0.944 bits per heavy atom. The second-order valence-electron chi connectivity index (χ2n) is 9.59. The molecule has 0 aliphatic carbocycles. The first-order valence-corrected chi connectivity index (χ1v) is 12.3. The minimum Gasteiger partial charge on any atom is -0.384 e. The summed E-state index contributed by atoms with van der Waals surface area (Å²) in [4.78, 5) is 42.8. The SMILES string of the molecule is CC1(C)Cc2c(ccc3ccccc23)C(Sc2ccc(-n3c(N)c4c(cc3=O)C(=O)NC4=O)cc2)=N1. The summed E-state index contributed by atoms with van der Waals surface area (Å²) in [6.45, 7) is 4.29. The summed E-state index contributed by atoms with van der Waals surface area (Å²) >= 11 is 1.57. The third-order valence-corrected chi connectivity index (χ3v) is 7.56. The van der Waals surface area contributed by atoms with Crippen LogP contribution in [0.4, 0.5) is 5.82 Å². The molecule has 0 bridgehead atoms. The fourth-order valence-electron chi connectivity index (χ4n) is 4.93. The first-order valence-electron chi connectivity index (χ1n) is 11.5. The van der Waals surface area contributed by atoms with E-state index in [0.29, 0.717) is 5.69 Å². The van der Waals surface area contributed by atoms with Crippen molar-refractivity contribution in [3.8, 4) is 5.69 Å². The number of nitrogens with two attached hydrogens (primary N) is 1. The van der Waals surface area contributed by atoms with E-state index in [1.165, 1.54) is 20.9 Å². The molecule has 2 amide bonds. The molecule has 178 valence electrons. The molecular formula is C28H22N4O3S. The Balaban J connectivity index is 1.37. The minimum atomic E-state index is -0.609. The molecule has 36 heavy (non-hydrogen) atoms. The van der Waals surface area contributed by atoms with Crippen molar-refractivity contribution < 1.29 is 9.59 Å². The van der Waals surface area contributed by atoms with Crippen molar-refractivity contribution in [1.29, 1.82) is 0 Å². The number of carbonyl (C=O) groups excluding carboxylic acids is 2. The van der Waals surface area contributed by atoms with Gasteiger partial charge in [0.15, 0.2) is 0 Å². The topological polar surface area (TPSA) is 107 Å². The summed E-state index contributed by atoms with van der Waals surface area (Å²) < 4.78 is 1.24. The van der Waals surface area contributed by atoms with Crippen LogP contribution in [0.5, 0.6) is 0 Å². The van der Waals surface area contributed by atoms with Gasteiger partial charge in [-0.05, 0) is 60.9 Å². The van der Waals surface area contributed by atoms with Crippen molar-refractivity contribution >= 4 is 45.2 Å². The molecule has 2 aliphatic heterocycles. The lowest BCUT2D eigenvalue weighted by Gasteiger charge is -2.29. The average molecular weight is 495 g/mol. The number of hydrogen-bond acceptors (Lipinski definition) is 6. The van der Waals surface area contributed by atoms with Crippen LogP contribution in [0.1, 0.15) is 45.7 Å². The zero-order valence-corrected chi connectivity index (χ0v) is 20.5. The van der Waals surface area contributed by atoms with Crippen LogP contribution in [0.15, 0.2) is 81.4 Å². The predicted octanol–water partition coefficient (Wildman–Crippen LogP) is 4.33. The lowest BCUT2D eigenvalue weighted by molar-refractivity contribution is 0.0880. The smallest absolute Gasteiger partial charge is 0.262 e. The van der Waals surface area contributed by atoms with Gasteiger partial charge in [0, 0.05) is 16.5 Å². The molecule has 0 unspecified atom stereocenters. The molecule has 0 fully saturated rings. The van der Waals surface area contributed by atoms with Gasteiger partial charge in [0.1, 0.15) is 10.9 Å². The first kappa shape index (κ1) is 22.3. The second kappa shape index (κ2) is 7.93. The van der Waals surface area contributed by atoms with E-state index >= 15 is 0 Å². The number of pyridine rings is 1. The highest BCUT2D eigenvalue weighted by Gasteiger charge is 2.32. The molecule has 3 heterocycles. The van der Waals surface area contributed by atoms with Crippen LogP contribution < -0.4 is 16.6 Å². The molecular weight excluding hydrogens is 472 g/mol. The number of nitrogens with one attached hydrogen (secondary N) is 1. The Morgan fingerprint density at radius 2 is 1.69 bits per heavy atom. The zero-order valence-electron chi connectivity index (χ0n) is 19.7. The van der Waals surface area contributed by atoms with E-state index in [1.54, 1.807) is 23.9 Å². The number of imide groups is 1. The molecule has 0 radical (unpaired) electrons. The quantitative estimate of drug-likeness (QED) is 0.404. The lowest BCUT2D eigenvalue weighted by Crippen LogP contribution is -2.28. The highest BCUT2D eigenvalue weighted by molar-refractivity contribution is 8.14. The Hall–Kier alpha value is -4.17. The van der Waals surface area contributed by atoms with Gasteiger partial charge in [-0.15, -0.1) is 0 Å². The monoisotopic (exact) mass is 494 g/mol. The fourth-order valence-corrected chi connectivity index (χ4v) is 6.02. The molecule has 2 aliphatic rings. The minimum absolute atomic E-state index is 0.00930. The van der Waals surface area contributed by atoms with Gasteiger partial charge < -0.3 is 5.73 Å². The fraction of sp³-hybridized carbons (Fsp3) is 0.143. The molecule has 6 rings (SSSR count). The standard InChI is InChI=1S/C28H22N4O3S/c1-28(2)14-21-18-6-4-3-5-15(18)7-12-19(21)27(31-28)36-17-10-8-16(9-11-17)32-22(33)13-20-23(24(32)29)26(35)30-25(20)34/h3-13H,14,29H2,1-2H3,(H,30,34,35). The predicted molar refractivity (Wildman–Crippen MR) is 142 cm³/mol. The van der Waals surface area contributed by atoms with Gasteiger partial charge in [0.25, 0.3) is 17.4 Å². The number of anilines is 1. The number of rotatable bonds is 2. The number of benzene rings is 3. The van der Waals surface area contributed by atoms with E-state index < -0.39 is 17.4 Å². The zero-order chi connectivity index (χ0) is 25.2. The van der Waals surface area contributed by atoms with E-state index in [9.17, 15) is 14.4 Å². The van der Waals surface area contributed by atoms with E-state index in [4.69, 9.17) is 10.7 Å². The van der Waals surface area contributed by atoms with Gasteiger partial charge >= 0.3 is 0 Å². The third-order valence-electron chi connectivity index (χ3n) is 6.55. The average Bonchev–Trinajstić information content (AvgIpc) is 3.12. The number of nitrogen functional groups attached to an aromatic ring is 1. The number of hydrogen-bond donors (Lipinski definition) is 2. The van der Waals surface area contributed by atoms with Gasteiger partial charge in [0.2, 0.25) is 0 Å². The van der Waals surface area contributed by atoms with Crippen LogP contribution >= 0.6 is 11.8 Å². The summed E-state index contributed by atoms with van der Waals surface area (Å²) in [5.74, 6) is -1.26. The van der Waals surface area contributed by atoms with E-state index in [-0.39, 0.29) is 22.5 Å². The summed E-state index contributed by atoms with van der Waals surface area (Å²) in [6.07, 6.45) is 0.864. The van der Waals surface area contributed by atoms with Gasteiger partial charge in [-0.25, -0.2) is 0 Å². The molecule has 3 aromatic carbocycles. The summed E-state index contributed by atoms with van der Waals surface area (Å²) in [5.41, 5.74) is 8.44. The van der Waals surface area contributed by atoms with Gasteiger partial charge in [-0.1, -0.05) is 48.2 Å². The normalized spacial score (nSPS) is 15.9. The number of aliphatic imine (C=N–C) groups is 1. The third kappa shape index (κ3) is 3.53. The van der Waals surface area contributed by atoms with Crippen LogP contribution in [-0.4, -0.2) is 27.0 Å². The Morgan fingerprint density at radius 3 is 2.47 bits per heavy atom. The summed E-state index contributed by atoms with van der Waals surface area (Å²) in [7, 11) is 0. The van der Waals surface area contributed by atoms with Gasteiger partial charge in [-0.3, -0.25) is 29.3 Å². The largest absolute Gasteiger partial charge is 0.384 e. The van der Waals surface area contributed by atoms with E-state index in [1.807, 2.05) is 12.1 Å². The maximum Gasteiger partial charge on any atom is 0.262 e. The Kier molecular flexibility index (Phi) is 4.91. The Labute approximate surface area is 211 Å². The highest BCUT2D eigenvalue weighted by Crippen LogP contribution is 2.37. The van der Waals surface area contributed by atoms with Crippen molar-refractivity contribution in [3.05, 3.63) is 99.3 Å². The molecule has 0 spiro atoms. The van der Waals surface area contributed by atoms with Gasteiger partial charge in [0.05, 0.1) is 22.4 Å². The van der Waals surface area contributed by atoms with Crippen LogP contribution in [-0.2, 0) is 6.42 Å². The van der Waals surface area contributed by atoms with Crippen LogP contribution in [0.25, 0.3) is 16.5 Å². The number of aromatic nitrogens is 1. The number of amides is 2. The number of fused-ring (bicyclic) bond motifs is 4. The van der Waals surface area contributed by atoms with Crippen LogP contribution in [0.3, 0.4) is 0 Å². The molecule has 0 saturated carbocycles. The summed E-state index contributed by atoms with van der Waals surface area (Å²) in [6, 6.07) is 21.2. The van der Waals surface area contributed by atoms with E-state index in [0.717, 1.165) is 28.0 Å². The summed E-state index contributed by atoms with van der Waals surface area (Å²) in [5, 5.41) is 5.60. The number of nitrogens with zero attached hydrogens (tertiary/aromatic N) is 2. The molecule has 0 saturated heterocycles. The maximum atomic E-state index is 12.7. The van der Waals surface area contributed by atoms with E-state index in [2.05, 4.69) is 55.6 Å². The second-order valence-corrected chi connectivity index (χ2v) is 10.7. The maximum absolute atomic E-state index is 12.7. The van der Waals surface area contributed by atoms with Gasteiger partial charge in [-0.2, -0.15) is 0 Å². The highest BCUT2D eigenvalue weighted by atomic mass is 32.2. The molecule has 4 aromatic rings. The van der Waals surface area contributed by atoms with Crippen molar-refractivity contribution in [3.63, 3.8) is 0 Å². The van der Waals surface area contributed by atoms with Crippen molar-refractivity contribution in [1.82, 2.24) is 9.88 Å². The molecule has 0 atom stereocenters. The Bertz CT molecular complexity index is 1700. The lowest BCUT2D eigenvalue weighted by atomic mass is 9.86. The first-order chi connectivity index (χ1) is 17.2. The molecule has 1 aromatic heterocycles. The molecule has 8 heteroatoms. The molecule has 3 N–H and O–H groups in total. The van der Waals surface area contributed by atoms with Crippen molar-refractivity contribution in [2.24, 2.45) is 4.99 Å².